The second kappa shape index (κ2) is 5.03. The minimum atomic E-state index is 0.0838. The van der Waals surface area contributed by atoms with E-state index < -0.39 is 0 Å². The van der Waals surface area contributed by atoms with Gasteiger partial charge in [0.1, 0.15) is 0 Å². The fourth-order valence-electron chi connectivity index (χ4n) is 2.59. The second-order valence-electron chi connectivity index (χ2n) is 5.09. The highest BCUT2D eigenvalue weighted by Gasteiger charge is 2.25. The Morgan fingerprint density at radius 2 is 1.89 bits per heavy atom. The summed E-state index contributed by atoms with van der Waals surface area (Å²) in [6, 6.07) is 3.46. The summed E-state index contributed by atoms with van der Waals surface area (Å²) in [5, 5.41) is 0. The minimum absolute atomic E-state index is 0.0838. The first-order chi connectivity index (χ1) is 9.28. The number of carbonyl (C=O) groups excluding carboxylic acids is 1. The van der Waals surface area contributed by atoms with Crippen LogP contribution < -0.4 is 4.74 Å². The van der Waals surface area contributed by atoms with Crippen LogP contribution in [0.4, 0.5) is 0 Å². The van der Waals surface area contributed by atoms with Crippen LogP contribution in [0.2, 0.25) is 0 Å². The molecule has 1 saturated heterocycles. The van der Waals surface area contributed by atoms with Crippen LogP contribution >= 0.6 is 0 Å². The highest BCUT2D eigenvalue weighted by atomic mass is 16.5. The van der Waals surface area contributed by atoms with Gasteiger partial charge in [-0.1, -0.05) is 11.1 Å². The summed E-state index contributed by atoms with van der Waals surface area (Å²) in [6.07, 6.45) is 6.27. The standard InChI is InChI=1S/C15H18N2O2/c1-19-14-10-13(4-7-16-14)15(18)17-8-5-12(6-9-17)11-2-3-11/h4,7,10H,2-3,5-6,8-9H2,1H3. The fourth-order valence-corrected chi connectivity index (χ4v) is 2.59. The normalized spacial score (nSPS) is 18.5. The van der Waals surface area contributed by atoms with Gasteiger partial charge in [0.25, 0.3) is 5.91 Å². The highest BCUT2D eigenvalue weighted by molar-refractivity contribution is 5.94. The molecule has 0 N–H and O–H groups in total. The molecule has 19 heavy (non-hydrogen) atoms. The number of methoxy groups -OCH3 is 1. The van der Waals surface area contributed by atoms with Crippen molar-refractivity contribution in [3.8, 4) is 5.88 Å². The van der Waals surface area contributed by atoms with E-state index in [0.29, 0.717) is 11.4 Å². The Kier molecular flexibility index (Phi) is 3.23. The molecule has 0 spiro atoms. The molecular formula is C15H18N2O2. The topological polar surface area (TPSA) is 42.4 Å². The third-order valence-corrected chi connectivity index (χ3v) is 3.85. The molecule has 1 amide bonds. The van der Waals surface area contributed by atoms with Gasteiger partial charge in [-0.05, 0) is 31.7 Å². The first kappa shape index (κ1) is 12.2. The Morgan fingerprint density at radius 1 is 1.21 bits per heavy atom. The van der Waals surface area contributed by atoms with E-state index in [-0.39, 0.29) is 5.91 Å². The van der Waals surface area contributed by atoms with E-state index >= 15 is 0 Å². The largest absolute Gasteiger partial charge is 0.481 e. The number of likely N-dealkylation sites (tertiary alicyclic amines) is 1. The predicted octanol–water partition coefficient (Wildman–Crippen LogP) is 2.42. The van der Waals surface area contributed by atoms with Gasteiger partial charge >= 0.3 is 0 Å². The van der Waals surface area contributed by atoms with E-state index in [1.807, 2.05) is 4.90 Å². The van der Waals surface area contributed by atoms with Gasteiger partial charge in [0.15, 0.2) is 0 Å². The van der Waals surface area contributed by atoms with E-state index in [1.165, 1.54) is 12.8 Å². The average molecular weight is 258 g/mol. The number of rotatable bonds is 2. The van der Waals surface area contributed by atoms with Crippen molar-refractivity contribution in [2.45, 2.75) is 25.7 Å². The Balaban J connectivity index is 1.68. The number of amides is 1. The number of nitrogens with zero attached hydrogens (tertiary/aromatic N) is 2. The van der Waals surface area contributed by atoms with Crippen LogP contribution in [0.3, 0.4) is 0 Å². The maximum Gasteiger partial charge on any atom is 0.254 e. The van der Waals surface area contributed by atoms with Gasteiger partial charge in [-0.25, -0.2) is 4.98 Å². The number of allylic oxidation sites excluding steroid dienone is 1. The van der Waals surface area contributed by atoms with Crippen LogP contribution in [0.25, 0.3) is 0 Å². The van der Waals surface area contributed by atoms with Crippen molar-refractivity contribution in [1.29, 1.82) is 0 Å². The molecule has 0 aromatic carbocycles. The van der Waals surface area contributed by atoms with Crippen LogP contribution in [-0.4, -0.2) is 36.0 Å². The molecule has 3 rings (SSSR count). The molecular weight excluding hydrogens is 240 g/mol. The summed E-state index contributed by atoms with van der Waals surface area (Å²) in [7, 11) is 1.56. The Morgan fingerprint density at radius 3 is 2.53 bits per heavy atom. The molecule has 1 aliphatic heterocycles. The van der Waals surface area contributed by atoms with E-state index in [1.54, 1.807) is 36.6 Å². The lowest BCUT2D eigenvalue weighted by Crippen LogP contribution is -2.36. The van der Waals surface area contributed by atoms with Gasteiger partial charge in [-0.3, -0.25) is 4.79 Å². The van der Waals surface area contributed by atoms with Gasteiger partial charge in [0.2, 0.25) is 5.88 Å². The van der Waals surface area contributed by atoms with Crippen molar-refractivity contribution < 1.29 is 9.53 Å². The summed E-state index contributed by atoms with van der Waals surface area (Å²) >= 11 is 0. The molecule has 0 unspecified atom stereocenters. The van der Waals surface area contributed by atoms with E-state index in [0.717, 1.165) is 25.9 Å². The van der Waals surface area contributed by atoms with Crippen molar-refractivity contribution in [3.63, 3.8) is 0 Å². The number of carbonyl (C=O) groups is 1. The maximum atomic E-state index is 12.4. The third-order valence-electron chi connectivity index (χ3n) is 3.85. The summed E-state index contributed by atoms with van der Waals surface area (Å²) in [6.45, 7) is 1.67. The number of piperidine rings is 1. The van der Waals surface area contributed by atoms with Crippen LogP contribution in [0, 0.1) is 0 Å². The zero-order chi connectivity index (χ0) is 13.2. The molecule has 0 bridgehead atoms. The average Bonchev–Trinajstić information content (AvgIpc) is 3.31. The Hall–Kier alpha value is -1.84. The quantitative estimate of drug-likeness (QED) is 0.765. The third kappa shape index (κ3) is 2.62. The van der Waals surface area contributed by atoms with Gasteiger partial charge in [-0.15, -0.1) is 0 Å². The van der Waals surface area contributed by atoms with Crippen molar-refractivity contribution in [3.05, 3.63) is 35.0 Å². The number of hydrogen-bond donors (Lipinski definition) is 0. The molecule has 0 atom stereocenters. The number of hydrogen-bond acceptors (Lipinski definition) is 3. The maximum absolute atomic E-state index is 12.4. The molecule has 100 valence electrons. The number of ether oxygens (including phenoxy) is 1. The molecule has 2 aliphatic rings. The van der Waals surface area contributed by atoms with Crippen LogP contribution in [-0.2, 0) is 0 Å². The van der Waals surface area contributed by atoms with Crippen LogP contribution in [0.1, 0.15) is 36.0 Å². The van der Waals surface area contributed by atoms with Crippen molar-refractivity contribution in [2.75, 3.05) is 20.2 Å². The molecule has 1 aromatic rings. The fraction of sp³-hybridized carbons (Fsp3) is 0.467. The van der Waals surface area contributed by atoms with Gasteiger partial charge in [0, 0.05) is 30.9 Å². The van der Waals surface area contributed by atoms with Gasteiger partial charge < -0.3 is 9.64 Å². The monoisotopic (exact) mass is 258 g/mol. The molecule has 2 heterocycles. The molecule has 4 heteroatoms. The van der Waals surface area contributed by atoms with Crippen molar-refractivity contribution in [1.82, 2.24) is 9.88 Å². The van der Waals surface area contributed by atoms with Gasteiger partial charge in [-0.2, -0.15) is 0 Å². The lowest BCUT2D eigenvalue weighted by Gasteiger charge is -2.28. The molecule has 4 nitrogen and oxygen atoms in total. The van der Waals surface area contributed by atoms with Crippen molar-refractivity contribution >= 4 is 5.91 Å². The number of aromatic nitrogens is 1. The second-order valence-corrected chi connectivity index (χ2v) is 5.09. The predicted molar refractivity (Wildman–Crippen MR) is 72.2 cm³/mol. The lowest BCUT2D eigenvalue weighted by atomic mass is 10.0. The van der Waals surface area contributed by atoms with Crippen LogP contribution in [0.15, 0.2) is 29.5 Å². The molecule has 2 fully saturated rings. The Labute approximate surface area is 113 Å². The van der Waals surface area contributed by atoms with E-state index in [2.05, 4.69) is 4.98 Å². The summed E-state index contributed by atoms with van der Waals surface area (Å²) in [5.74, 6) is 0.573. The lowest BCUT2D eigenvalue weighted by molar-refractivity contribution is 0.0743. The molecule has 1 aliphatic carbocycles. The minimum Gasteiger partial charge on any atom is -0.481 e. The smallest absolute Gasteiger partial charge is 0.254 e. The molecule has 1 aromatic heterocycles. The summed E-state index contributed by atoms with van der Waals surface area (Å²) in [5.41, 5.74) is 3.89. The first-order valence-corrected chi connectivity index (χ1v) is 6.77. The molecule has 1 saturated carbocycles. The first-order valence-electron chi connectivity index (χ1n) is 6.77. The highest BCUT2D eigenvalue weighted by Crippen LogP contribution is 2.36. The Bertz CT molecular complexity index is 521. The molecule has 0 radical (unpaired) electrons. The van der Waals surface area contributed by atoms with E-state index in [9.17, 15) is 4.79 Å². The summed E-state index contributed by atoms with van der Waals surface area (Å²) in [4.78, 5) is 18.3. The van der Waals surface area contributed by atoms with Crippen molar-refractivity contribution in [2.24, 2.45) is 0 Å². The van der Waals surface area contributed by atoms with Crippen LogP contribution in [0.5, 0.6) is 5.88 Å². The van der Waals surface area contributed by atoms with E-state index in [4.69, 9.17) is 4.74 Å². The SMILES string of the molecule is COc1cc(C(=O)N2CCC(=C3CC3)CC2)ccn1. The zero-order valence-corrected chi connectivity index (χ0v) is 11.2. The number of pyridine rings is 1. The van der Waals surface area contributed by atoms with Gasteiger partial charge in [0.05, 0.1) is 7.11 Å². The zero-order valence-electron chi connectivity index (χ0n) is 11.2. The summed E-state index contributed by atoms with van der Waals surface area (Å²) < 4.78 is 5.06.